The monoisotopic (exact) mass is 424 g/mol. The van der Waals surface area contributed by atoms with Gasteiger partial charge >= 0.3 is 6.03 Å². The third kappa shape index (κ3) is 4.25. The molecule has 2 heterocycles. The molecule has 1 fully saturated rings. The summed E-state index contributed by atoms with van der Waals surface area (Å²) in [6.07, 6.45) is 1.61. The summed E-state index contributed by atoms with van der Waals surface area (Å²) in [7, 11) is 4.73. The van der Waals surface area contributed by atoms with Gasteiger partial charge in [0.05, 0.1) is 21.3 Å². The second-order valence-electron chi connectivity index (χ2n) is 7.04. The summed E-state index contributed by atoms with van der Waals surface area (Å²) in [6, 6.07) is 12.1. The Bertz CT molecular complexity index is 1050. The van der Waals surface area contributed by atoms with Gasteiger partial charge in [0.25, 0.3) is 0 Å². The first-order valence-electron chi connectivity index (χ1n) is 9.90. The van der Waals surface area contributed by atoms with Crippen molar-refractivity contribution < 1.29 is 23.5 Å². The van der Waals surface area contributed by atoms with Crippen LogP contribution in [0.5, 0.6) is 17.2 Å². The highest BCUT2D eigenvalue weighted by atomic mass is 16.5. The lowest BCUT2D eigenvalue weighted by atomic mass is 10.2. The number of nitrogens with one attached hydrogen (secondary N) is 1. The zero-order valence-electron chi connectivity index (χ0n) is 17.6. The van der Waals surface area contributed by atoms with Crippen molar-refractivity contribution >= 4 is 11.7 Å². The van der Waals surface area contributed by atoms with Crippen LogP contribution in [0.15, 0.2) is 47.0 Å². The molecule has 31 heavy (non-hydrogen) atoms. The molecule has 1 N–H and O–H groups in total. The fourth-order valence-electron chi connectivity index (χ4n) is 3.60. The van der Waals surface area contributed by atoms with E-state index < -0.39 is 0 Å². The number of amides is 2. The SMILES string of the molecule is COc1ccc(-c2noc([C@@H]3CCCN3C(=O)Nc3ccc(OC)c(OC)c3)n2)cc1. The number of anilines is 1. The maximum atomic E-state index is 12.9. The third-order valence-corrected chi connectivity index (χ3v) is 5.22. The number of likely N-dealkylation sites (tertiary alicyclic amines) is 1. The van der Waals surface area contributed by atoms with Crippen molar-refractivity contribution in [2.45, 2.75) is 18.9 Å². The largest absolute Gasteiger partial charge is 0.497 e. The highest BCUT2D eigenvalue weighted by Gasteiger charge is 2.34. The number of ether oxygens (including phenoxy) is 3. The molecule has 1 aromatic heterocycles. The molecule has 9 heteroatoms. The van der Waals surface area contributed by atoms with E-state index in [4.69, 9.17) is 18.7 Å². The molecule has 1 atom stereocenters. The van der Waals surface area contributed by atoms with Crippen LogP contribution in [0.1, 0.15) is 24.8 Å². The van der Waals surface area contributed by atoms with Gasteiger partial charge in [0.15, 0.2) is 11.5 Å². The molecule has 1 aliphatic rings. The van der Waals surface area contributed by atoms with E-state index in [-0.39, 0.29) is 12.1 Å². The summed E-state index contributed by atoms with van der Waals surface area (Å²) in [4.78, 5) is 19.2. The molecule has 0 spiro atoms. The summed E-state index contributed by atoms with van der Waals surface area (Å²) in [5, 5.41) is 7.00. The summed E-state index contributed by atoms with van der Waals surface area (Å²) in [5.41, 5.74) is 1.42. The normalized spacial score (nSPS) is 15.6. The van der Waals surface area contributed by atoms with Gasteiger partial charge in [-0.05, 0) is 49.2 Å². The second-order valence-corrected chi connectivity index (χ2v) is 7.04. The van der Waals surface area contributed by atoms with Gasteiger partial charge in [0.1, 0.15) is 11.8 Å². The Balaban J connectivity index is 1.49. The van der Waals surface area contributed by atoms with Crippen LogP contribution in [0.2, 0.25) is 0 Å². The lowest BCUT2D eigenvalue weighted by molar-refractivity contribution is 0.193. The van der Waals surface area contributed by atoms with Gasteiger partial charge in [0, 0.05) is 23.9 Å². The van der Waals surface area contributed by atoms with Crippen LogP contribution in [0.3, 0.4) is 0 Å². The van der Waals surface area contributed by atoms with Crippen LogP contribution in [-0.2, 0) is 0 Å². The van der Waals surface area contributed by atoms with Gasteiger partial charge in [-0.3, -0.25) is 0 Å². The van der Waals surface area contributed by atoms with Crippen molar-refractivity contribution in [2.24, 2.45) is 0 Å². The number of nitrogens with zero attached hydrogens (tertiary/aromatic N) is 3. The van der Waals surface area contributed by atoms with Crippen molar-refractivity contribution in [2.75, 3.05) is 33.2 Å². The Morgan fingerprint density at radius 3 is 2.55 bits per heavy atom. The average Bonchev–Trinajstić information content (AvgIpc) is 3.48. The van der Waals surface area contributed by atoms with Gasteiger partial charge in [0.2, 0.25) is 11.7 Å². The minimum atomic E-state index is -0.278. The molecule has 9 nitrogen and oxygen atoms in total. The molecule has 0 bridgehead atoms. The van der Waals surface area contributed by atoms with Gasteiger partial charge in [-0.25, -0.2) is 4.79 Å². The van der Waals surface area contributed by atoms with E-state index >= 15 is 0 Å². The molecular weight excluding hydrogens is 400 g/mol. The molecule has 0 unspecified atom stereocenters. The zero-order chi connectivity index (χ0) is 21.8. The van der Waals surface area contributed by atoms with Crippen LogP contribution in [0.4, 0.5) is 10.5 Å². The number of hydrogen-bond donors (Lipinski definition) is 1. The first-order chi connectivity index (χ1) is 15.1. The van der Waals surface area contributed by atoms with Gasteiger partial charge in [-0.1, -0.05) is 5.16 Å². The molecule has 2 amide bonds. The molecule has 162 valence electrons. The Morgan fingerprint density at radius 2 is 1.84 bits per heavy atom. The Kier molecular flexibility index (Phi) is 5.92. The fraction of sp³-hybridized carbons (Fsp3) is 0.318. The zero-order valence-corrected chi connectivity index (χ0v) is 17.6. The predicted octanol–water partition coefficient (Wildman–Crippen LogP) is 4.13. The molecule has 4 rings (SSSR count). The van der Waals surface area contributed by atoms with Crippen LogP contribution in [0.25, 0.3) is 11.4 Å². The quantitative estimate of drug-likeness (QED) is 0.635. The standard InChI is InChI=1S/C22H24N4O5/c1-28-16-9-6-14(7-10-16)20-24-21(31-25-20)17-5-4-12-26(17)22(27)23-15-8-11-18(29-2)19(13-15)30-3/h6-11,13,17H,4-5,12H2,1-3H3,(H,23,27)/t17-/m0/s1. The maximum absolute atomic E-state index is 12.9. The second kappa shape index (κ2) is 8.95. The Morgan fingerprint density at radius 1 is 1.06 bits per heavy atom. The molecule has 0 saturated carbocycles. The average molecular weight is 424 g/mol. The summed E-state index contributed by atoms with van der Waals surface area (Å²) in [6.45, 7) is 0.601. The molecular formula is C22H24N4O5. The highest BCUT2D eigenvalue weighted by molar-refractivity contribution is 5.90. The minimum absolute atomic E-state index is 0.237. The lowest BCUT2D eigenvalue weighted by Gasteiger charge is -2.22. The minimum Gasteiger partial charge on any atom is -0.497 e. The number of carbonyl (C=O) groups is 1. The Labute approximate surface area is 179 Å². The number of aromatic nitrogens is 2. The van der Waals surface area contributed by atoms with E-state index in [2.05, 4.69) is 15.5 Å². The van der Waals surface area contributed by atoms with Gasteiger partial charge in [-0.15, -0.1) is 0 Å². The van der Waals surface area contributed by atoms with E-state index in [0.29, 0.717) is 35.4 Å². The van der Waals surface area contributed by atoms with E-state index in [1.54, 1.807) is 44.4 Å². The number of urea groups is 1. The number of benzene rings is 2. The smallest absolute Gasteiger partial charge is 0.322 e. The van der Waals surface area contributed by atoms with Crippen molar-refractivity contribution in [3.63, 3.8) is 0 Å². The van der Waals surface area contributed by atoms with Crippen molar-refractivity contribution in [3.05, 3.63) is 48.4 Å². The van der Waals surface area contributed by atoms with Crippen LogP contribution >= 0.6 is 0 Å². The lowest BCUT2D eigenvalue weighted by Crippen LogP contribution is -2.34. The summed E-state index contributed by atoms with van der Waals surface area (Å²) in [5.74, 6) is 2.78. The summed E-state index contributed by atoms with van der Waals surface area (Å²) < 4.78 is 21.2. The molecule has 0 radical (unpaired) electrons. The first-order valence-corrected chi connectivity index (χ1v) is 9.90. The van der Waals surface area contributed by atoms with E-state index in [9.17, 15) is 4.79 Å². The van der Waals surface area contributed by atoms with Crippen molar-refractivity contribution in [3.8, 4) is 28.6 Å². The molecule has 3 aromatic rings. The third-order valence-electron chi connectivity index (χ3n) is 5.22. The van der Waals surface area contributed by atoms with E-state index in [1.807, 2.05) is 24.3 Å². The Hall–Kier alpha value is -3.75. The molecule has 1 saturated heterocycles. The van der Waals surface area contributed by atoms with E-state index in [1.165, 1.54) is 0 Å². The fourth-order valence-corrected chi connectivity index (χ4v) is 3.60. The van der Waals surface area contributed by atoms with Gasteiger partial charge in [-0.2, -0.15) is 4.98 Å². The molecule has 1 aliphatic heterocycles. The maximum Gasteiger partial charge on any atom is 0.322 e. The molecule has 2 aromatic carbocycles. The van der Waals surface area contributed by atoms with Crippen molar-refractivity contribution in [1.29, 1.82) is 0 Å². The number of hydrogen-bond acceptors (Lipinski definition) is 7. The predicted molar refractivity (Wildman–Crippen MR) is 114 cm³/mol. The van der Waals surface area contributed by atoms with Crippen LogP contribution < -0.4 is 19.5 Å². The first kappa shape index (κ1) is 20.5. The number of rotatable bonds is 6. The van der Waals surface area contributed by atoms with E-state index in [0.717, 1.165) is 24.2 Å². The van der Waals surface area contributed by atoms with Crippen LogP contribution in [-0.4, -0.2) is 48.9 Å². The number of methoxy groups -OCH3 is 3. The molecule has 0 aliphatic carbocycles. The summed E-state index contributed by atoms with van der Waals surface area (Å²) >= 11 is 0. The highest BCUT2D eigenvalue weighted by Crippen LogP contribution is 2.34. The van der Waals surface area contributed by atoms with Crippen LogP contribution in [0, 0.1) is 0 Å². The topological polar surface area (TPSA) is 99.0 Å². The van der Waals surface area contributed by atoms with Gasteiger partial charge < -0.3 is 29.0 Å². The van der Waals surface area contributed by atoms with Crippen molar-refractivity contribution in [1.82, 2.24) is 15.0 Å². The number of carbonyl (C=O) groups excluding carboxylic acids is 1.